The fourth-order valence-corrected chi connectivity index (χ4v) is 3.80. The van der Waals surface area contributed by atoms with Crippen molar-refractivity contribution in [2.24, 2.45) is 0 Å². The molecule has 0 bridgehead atoms. The Morgan fingerprint density at radius 2 is 2.23 bits per heavy atom. The quantitative estimate of drug-likeness (QED) is 0.142. The van der Waals surface area contributed by atoms with E-state index in [4.69, 9.17) is 16.3 Å². The van der Waals surface area contributed by atoms with Crippen LogP contribution >= 0.6 is 23.4 Å². The van der Waals surface area contributed by atoms with Crippen LogP contribution in [-0.2, 0) is 18.8 Å². The smallest absolute Gasteiger partial charge is 0.307 e. The second kappa shape index (κ2) is 10.3. The summed E-state index contributed by atoms with van der Waals surface area (Å²) in [6.07, 6.45) is 5.86. The molecule has 0 atom stereocenters. The fourth-order valence-electron chi connectivity index (χ4n) is 2.75. The molecule has 0 spiro atoms. The van der Waals surface area contributed by atoms with Gasteiger partial charge in [0.15, 0.2) is 5.16 Å². The normalized spacial score (nSPS) is 10.9. The lowest BCUT2D eigenvalue weighted by Crippen LogP contribution is -2.07. The van der Waals surface area contributed by atoms with E-state index in [-0.39, 0.29) is 5.69 Å². The van der Waals surface area contributed by atoms with E-state index in [2.05, 4.69) is 21.9 Å². The molecule has 11 heteroatoms. The first kappa shape index (κ1) is 21.8. The SMILES string of the molecule is C=CCn1c(CCCOc2ccc(Cl)cc2C)nnc1SCn1cc([N+](=O)[O-])cn1. The van der Waals surface area contributed by atoms with E-state index < -0.39 is 4.92 Å². The molecule has 0 radical (unpaired) electrons. The van der Waals surface area contributed by atoms with Gasteiger partial charge in [-0.15, -0.1) is 16.8 Å². The first-order valence-corrected chi connectivity index (χ1v) is 10.6. The highest BCUT2D eigenvalue weighted by molar-refractivity contribution is 7.98. The Kier molecular flexibility index (Phi) is 7.47. The Labute approximate surface area is 182 Å². The Morgan fingerprint density at radius 3 is 2.93 bits per heavy atom. The summed E-state index contributed by atoms with van der Waals surface area (Å²) in [7, 11) is 0. The molecule has 1 aromatic carbocycles. The molecule has 3 rings (SSSR count). The van der Waals surface area contributed by atoms with Gasteiger partial charge in [-0.1, -0.05) is 29.4 Å². The highest BCUT2D eigenvalue weighted by Gasteiger charge is 2.14. The van der Waals surface area contributed by atoms with Crippen LogP contribution in [0, 0.1) is 17.0 Å². The van der Waals surface area contributed by atoms with E-state index in [1.807, 2.05) is 29.7 Å². The van der Waals surface area contributed by atoms with Crippen molar-refractivity contribution in [2.45, 2.75) is 37.3 Å². The lowest BCUT2D eigenvalue weighted by molar-refractivity contribution is -0.385. The van der Waals surface area contributed by atoms with E-state index in [0.717, 1.165) is 23.6 Å². The third-order valence-corrected chi connectivity index (χ3v) is 5.39. The summed E-state index contributed by atoms with van der Waals surface area (Å²) in [5, 5.41) is 24.7. The van der Waals surface area contributed by atoms with Crippen molar-refractivity contribution in [3.63, 3.8) is 0 Å². The van der Waals surface area contributed by atoms with Gasteiger partial charge in [-0.25, -0.2) is 0 Å². The van der Waals surface area contributed by atoms with Gasteiger partial charge in [-0.2, -0.15) is 5.10 Å². The monoisotopic (exact) mass is 448 g/mol. The zero-order valence-corrected chi connectivity index (χ0v) is 18.0. The second-order valence-electron chi connectivity index (χ2n) is 6.43. The summed E-state index contributed by atoms with van der Waals surface area (Å²) >= 11 is 7.37. The van der Waals surface area contributed by atoms with Gasteiger partial charge in [0.1, 0.15) is 24.0 Å². The van der Waals surface area contributed by atoms with Gasteiger partial charge < -0.3 is 9.30 Å². The molecule has 0 saturated heterocycles. The van der Waals surface area contributed by atoms with Gasteiger partial charge in [-0.3, -0.25) is 14.8 Å². The van der Waals surface area contributed by atoms with Gasteiger partial charge in [0.05, 0.1) is 17.4 Å². The predicted molar refractivity (Wildman–Crippen MR) is 115 cm³/mol. The minimum Gasteiger partial charge on any atom is -0.493 e. The molecule has 0 amide bonds. The van der Waals surface area contributed by atoms with Gasteiger partial charge in [0.2, 0.25) is 0 Å². The molecule has 0 saturated carbocycles. The van der Waals surface area contributed by atoms with Gasteiger partial charge in [0, 0.05) is 18.0 Å². The highest BCUT2D eigenvalue weighted by Crippen LogP contribution is 2.23. The molecule has 0 unspecified atom stereocenters. The number of thioether (sulfide) groups is 1. The molecule has 0 aliphatic heterocycles. The summed E-state index contributed by atoms with van der Waals surface area (Å²) in [6.45, 7) is 6.87. The zero-order chi connectivity index (χ0) is 21.5. The molecule has 2 aromatic heterocycles. The Hall–Kier alpha value is -2.85. The zero-order valence-electron chi connectivity index (χ0n) is 16.4. The standard InChI is InChI=1S/C19H21ClN6O3S/c1-3-8-25-18(5-4-9-29-17-7-6-15(20)10-14(17)2)22-23-19(25)30-13-24-12-16(11-21-24)26(27)28/h3,6-7,10-12H,1,4-5,8-9,13H2,2H3. The van der Waals surface area contributed by atoms with Crippen molar-refractivity contribution in [1.29, 1.82) is 0 Å². The first-order chi connectivity index (χ1) is 14.5. The topological polar surface area (TPSA) is 101 Å². The van der Waals surface area contributed by atoms with Gasteiger partial charge >= 0.3 is 5.69 Å². The maximum Gasteiger partial charge on any atom is 0.307 e. The highest BCUT2D eigenvalue weighted by atomic mass is 35.5. The number of allylic oxidation sites excluding steroid dienone is 1. The summed E-state index contributed by atoms with van der Waals surface area (Å²) in [6, 6.07) is 5.55. The molecule has 2 heterocycles. The van der Waals surface area contributed by atoms with Crippen molar-refractivity contribution >= 4 is 29.1 Å². The van der Waals surface area contributed by atoms with Crippen molar-refractivity contribution in [2.75, 3.05) is 6.61 Å². The third-order valence-electron chi connectivity index (χ3n) is 4.20. The van der Waals surface area contributed by atoms with Crippen LogP contribution in [0.1, 0.15) is 17.8 Å². The lowest BCUT2D eigenvalue weighted by Gasteiger charge is -2.10. The fraction of sp³-hybridized carbons (Fsp3) is 0.316. The van der Waals surface area contributed by atoms with Gasteiger partial charge in [-0.05, 0) is 37.1 Å². The number of hydrogen-bond donors (Lipinski definition) is 0. The maximum absolute atomic E-state index is 10.8. The van der Waals surface area contributed by atoms with Crippen molar-refractivity contribution < 1.29 is 9.66 Å². The van der Waals surface area contributed by atoms with E-state index in [1.165, 1.54) is 28.8 Å². The van der Waals surface area contributed by atoms with E-state index in [0.29, 0.717) is 35.6 Å². The number of ether oxygens (including phenoxy) is 1. The number of benzene rings is 1. The molecule has 0 N–H and O–H groups in total. The molecule has 9 nitrogen and oxygen atoms in total. The van der Waals surface area contributed by atoms with Crippen molar-refractivity contribution in [3.8, 4) is 5.75 Å². The van der Waals surface area contributed by atoms with E-state index in [9.17, 15) is 10.1 Å². The Bertz CT molecular complexity index is 1040. The van der Waals surface area contributed by atoms with E-state index in [1.54, 1.807) is 6.08 Å². The van der Waals surface area contributed by atoms with Crippen LogP contribution in [0.5, 0.6) is 5.75 Å². The first-order valence-electron chi connectivity index (χ1n) is 9.19. The third kappa shape index (κ3) is 5.61. The number of hydrogen-bond acceptors (Lipinski definition) is 7. The van der Waals surface area contributed by atoms with E-state index >= 15 is 0 Å². The minimum atomic E-state index is -0.472. The summed E-state index contributed by atoms with van der Waals surface area (Å²) in [5.41, 5.74) is 0.953. The average Bonchev–Trinajstić information content (AvgIpc) is 3.33. The number of nitrogens with zero attached hydrogens (tertiary/aromatic N) is 6. The van der Waals surface area contributed by atoms with Gasteiger partial charge in [0.25, 0.3) is 0 Å². The minimum absolute atomic E-state index is 0.0419. The summed E-state index contributed by atoms with van der Waals surface area (Å²) in [5.74, 6) is 2.04. The van der Waals surface area contributed by atoms with Crippen LogP contribution in [0.3, 0.4) is 0 Å². The van der Waals surface area contributed by atoms with Crippen LogP contribution in [0.15, 0.2) is 48.4 Å². The second-order valence-corrected chi connectivity index (χ2v) is 7.78. The summed E-state index contributed by atoms with van der Waals surface area (Å²) < 4.78 is 9.31. The summed E-state index contributed by atoms with van der Waals surface area (Å²) in [4.78, 5) is 10.3. The van der Waals surface area contributed by atoms with Crippen LogP contribution in [0.2, 0.25) is 5.02 Å². The Balaban J connectivity index is 1.56. The average molecular weight is 449 g/mol. The molecule has 30 heavy (non-hydrogen) atoms. The number of aryl methyl sites for hydroxylation is 2. The molecule has 158 valence electrons. The van der Waals surface area contributed by atoms with Crippen LogP contribution < -0.4 is 4.74 Å². The largest absolute Gasteiger partial charge is 0.493 e. The number of rotatable bonds is 11. The molecule has 0 aliphatic rings. The van der Waals surface area contributed by atoms with Crippen LogP contribution in [0.4, 0.5) is 5.69 Å². The molecule has 0 aliphatic carbocycles. The molecular weight excluding hydrogens is 428 g/mol. The van der Waals surface area contributed by atoms with Crippen molar-refractivity contribution in [1.82, 2.24) is 24.5 Å². The molecule has 3 aromatic rings. The molecular formula is C19H21ClN6O3S. The predicted octanol–water partition coefficient (Wildman–Crippen LogP) is 4.29. The van der Waals surface area contributed by atoms with Crippen LogP contribution in [-0.4, -0.2) is 36.1 Å². The molecule has 0 fully saturated rings. The maximum atomic E-state index is 10.8. The Morgan fingerprint density at radius 1 is 1.40 bits per heavy atom. The number of aromatic nitrogens is 5. The number of nitro groups is 1. The number of halogens is 1. The lowest BCUT2D eigenvalue weighted by atomic mass is 10.2. The van der Waals surface area contributed by atoms with Crippen molar-refractivity contribution in [3.05, 3.63) is 69.8 Å². The van der Waals surface area contributed by atoms with Crippen LogP contribution in [0.25, 0.3) is 0 Å².